The van der Waals surface area contributed by atoms with E-state index in [-0.39, 0.29) is 5.69 Å². The minimum absolute atomic E-state index is 0.113. The van der Waals surface area contributed by atoms with E-state index >= 15 is 0 Å². The van der Waals surface area contributed by atoms with Crippen molar-refractivity contribution in [2.75, 3.05) is 5.73 Å². The average Bonchev–Trinajstić information content (AvgIpc) is 2.45. The molecule has 21 heavy (non-hydrogen) atoms. The molecule has 1 aromatic carbocycles. The Morgan fingerprint density at radius 1 is 1.00 bits per heavy atom. The van der Waals surface area contributed by atoms with Crippen LogP contribution in [0.5, 0.6) is 0 Å². The summed E-state index contributed by atoms with van der Waals surface area (Å²) in [6, 6.07) is 9.63. The predicted molar refractivity (Wildman–Crippen MR) is 72.2 cm³/mol. The minimum atomic E-state index is -4.57. The number of hydrogen-bond donors (Lipinski definition) is 1. The van der Waals surface area contributed by atoms with Crippen molar-refractivity contribution in [1.29, 1.82) is 0 Å². The molecule has 0 atom stereocenters. The summed E-state index contributed by atoms with van der Waals surface area (Å²) in [5.74, 6) is -0.416. The van der Waals surface area contributed by atoms with Crippen LogP contribution in [0.4, 0.5) is 19.1 Å². The zero-order chi connectivity index (χ0) is 15.0. The molecule has 0 spiro atoms. The molecule has 0 saturated carbocycles. The van der Waals surface area contributed by atoms with E-state index in [1.807, 2.05) is 6.07 Å². The van der Waals surface area contributed by atoms with Gasteiger partial charge in [0.05, 0.1) is 11.2 Å². The number of nitrogens with zero attached hydrogens (tertiary/aromatic N) is 3. The van der Waals surface area contributed by atoms with E-state index in [2.05, 4.69) is 15.0 Å². The second-order valence-corrected chi connectivity index (χ2v) is 4.41. The van der Waals surface area contributed by atoms with E-state index in [4.69, 9.17) is 5.73 Å². The fraction of sp³-hybridized carbons (Fsp3) is 0.0714. The van der Waals surface area contributed by atoms with Gasteiger partial charge in [0.2, 0.25) is 5.95 Å². The van der Waals surface area contributed by atoms with Crippen LogP contribution in [0.15, 0.2) is 42.6 Å². The Hall–Kier alpha value is -2.70. The van der Waals surface area contributed by atoms with Gasteiger partial charge in [-0.2, -0.15) is 13.2 Å². The number of pyridine rings is 1. The fourth-order valence-electron chi connectivity index (χ4n) is 1.98. The van der Waals surface area contributed by atoms with Crippen LogP contribution in [0.1, 0.15) is 5.69 Å². The zero-order valence-electron chi connectivity index (χ0n) is 10.6. The van der Waals surface area contributed by atoms with E-state index < -0.39 is 17.8 Å². The lowest BCUT2D eigenvalue weighted by molar-refractivity contribution is -0.141. The third-order valence-electron chi connectivity index (χ3n) is 2.94. The highest BCUT2D eigenvalue weighted by Gasteiger charge is 2.33. The maximum atomic E-state index is 12.8. The maximum absolute atomic E-state index is 12.8. The lowest BCUT2D eigenvalue weighted by Crippen LogP contribution is -2.11. The quantitative estimate of drug-likeness (QED) is 0.747. The summed E-state index contributed by atoms with van der Waals surface area (Å²) in [5, 5.41) is 0.888. The lowest BCUT2D eigenvalue weighted by atomic mass is 10.1. The molecular weight excluding hydrogens is 281 g/mol. The molecule has 2 N–H and O–H groups in total. The van der Waals surface area contributed by atoms with Crippen molar-refractivity contribution in [3.63, 3.8) is 0 Å². The van der Waals surface area contributed by atoms with Gasteiger partial charge in [0.1, 0.15) is 0 Å². The summed E-state index contributed by atoms with van der Waals surface area (Å²) in [4.78, 5) is 11.2. The van der Waals surface area contributed by atoms with Crippen molar-refractivity contribution >= 4 is 16.9 Å². The molecule has 0 fully saturated rings. The Labute approximate surface area is 117 Å². The Bertz CT molecular complexity index is 815. The number of benzene rings is 1. The lowest BCUT2D eigenvalue weighted by Gasteiger charge is -2.09. The van der Waals surface area contributed by atoms with Gasteiger partial charge in [0, 0.05) is 17.1 Å². The molecule has 3 rings (SSSR count). The van der Waals surface area contributed by atoms with Gasteiger partial charge in [-0.25, -0.2) is 9.97 Å². The fourth-order valence-corrected chi connectivity index (χ4v) is 1.98. The molecule has 7 heteroatoms. The largest absolute Gasteiger partial charge is 0.433 e. The normalized spacial score (nSPS) is 11.8. The summed E-state index contributed by atoms with van der Waals surface area (Å²) in [7, 11) is 0. The second kappa shape index (κ2) is 4.69. The number of nitrogens with two attached hydrogens (primary N) is 1. The van der Waals surface area contributed by atoms with Gasteiger partial charge in [0.25, 0.3) is 0 Å². The first-order valence-electron chi connectivity index (χ1n) is 6.00. The first-order valence-corrected chi connectivity index (χ1v) is 6.00. The standard InChI is InChI=1S/C14H9F3N4/c15-14(16,17)12-7-11(20-13(18)21-12)9-4-3-8-2-1-5-19-10(8)6-9/h1-7H,(H2,18,20,21). The smallest absolute Gasteiger partial charge is 0.368 e. The Morgan fingerprint density at radius 3 is 2.57 bits per heavy atom. The molecule has 2 heterocycles. The summed E-state index contributed by atoms with van der Waals surface area (Å²) in [6.45, 7) is 0. The maximum Gasteiger partial charge on any atom is 0.433 e. The van der Waals surface area contributed by atoms with Crippen molar-refractivity contribution in [1.82, 2.24) is 15.0 Å². The number of hydrogen-bond acceptors (Lipinski definition) is 4. The number of alkyl halides is 3. The SMILES string of the molecule is Nc1nc(-c2ccc3cccnc3c2)cc(C(F)(F)F)n1. The van der Waals surface area contributed by atoms with E-state index in [0.717, 1.165) is 11.5 Å². The van der Waals surface area contributed by atoms with Crippen molar-refractivity contribution in [2.45, 2.75) is 6.18 Å². The van der Waals surface area contributed by atoms with Crippen LogP contribution in [-0.4, -0.2) is 15.0 Å². The van der Waals surface area contributed by atoms with E-state index in [0.29, 0.717) is 11.1 Å². The molecule has 106 valence electrons. The molecule has 0 aliphatic heterocycles. The van der Waals surface area contributed by atoms with E-state index in [1.54, 1.807) is 30.5 Å². The van der Waals surface area contributed by atoms with Crippen LogP contribution in [0.25, 0.3) is 22.2 Å². The number of halogens is 3. The van der Waals surface area contributed by atoms with Gasteiger partial charge in [0.15, 0.2) is 5.69 Å². The summed E-state index contributed by atoms with van der Waals surface area (Å²) >= 11 is 0. The van der Waals surface area contributed by atoms with Crippen molar-refractivity contribution in [3.05, 3.63) is 48.3 Å². The predicted octanol–water partition coefficient (Wildman–Crippen LogP) is 3.29. The molecule has 3 aromatic rings. The monoisotopic (exact) mass is 290 g/mol. The van der Waals surface area contributed by atoms with E-state index in [9.17, 15) is 13.2 Å². The molecule has 0 saturated heterocycles. The number of anilines is 1. The topological polar surface area (TPSA) is 64.7 Å². The Morgan fingerprint density at radius 2 is 1.81 bits per heavy atom. The highest BCUT2D eigenvalue weighted by Crippen LogP contribution is 2.31. The molecular formula is C14H9F3N4. The van der Waals surface area contributed by atoms with Gasteiger partial charge >= 0.3 is 6.18 Å². The van der Waals surface area contributed by atoms with Gasteiger partial charge in [-0.05, 0) is 18.2 Å². The van der Waals surface area contributed by atoms with Gasteiger partial charge < -0.3 is 5.73 Å². The Kier molecular flexibility index (Phi) is 2.97. The number of aromatic nitrogens is 3. The molecule has 0 aliphatic rings. The number of rotatable bonds is 1. The molecule has 4 nitrogen and oxygen atoms in total. The highest BCUT2D eigenvalue weighted by atomic mass is 19.4. The van der Waals surface area contributed by atoms with Crippen molar-refractivity contribution in [2.24, 2.45) is 0 Å². The first kappa shape index (κ1) is 13.3. The molecule has 0 unspecified atom stereocenters. The summed E-state index contributed by atoms with van der Waals surface area (Å²) in [5.41, 5.74) is 5.59. The van der Waals surface area contributed by atoms with Crippen molar-refractivity contribution < 1.29 is 13.2 Å². The molecule has 0 aliphatic carbocycles. The third-order valence-corrected chi connectivity index (χ3v) is 2.94. The average molecular weight is 290 g/mol. The van der Waals surface area contributed by atoms with Gasteiger partial charge in [-0.15, -0.1) is 0 Å². The Balaban J connectivity index is 2.16. The minimum Gasteiger partial charge on any atom is -0.368 e. The zero-order valence-corrected chi connectivity index (χ0v) is 10.6. The summed E-state index contributed by atoms with van der Waals surface area (Å²) in [6.07, 6.45) is -2.96. The number of fused-ring (bicyclic) bond motifs is 1. The van der Waals surface area contributed by atoms with Gasteiger partial charge in [-0.3, -0.25) is 4.98 Å². The van der Waals surface area contributed by atoms with Crippen LogP contribution in [0, 0.1) is 0 Å². The summed E-state index contributed by atoms with van der Waals surface area (Å²) < 4.78 is 38.3. The molecule has 2 aromatic heterocycles. The molecule has 0 bridgehead atoms. The number of nitrogen functional groups attached to an aromatic ring is 1. The molecule has 0 radical (unpaired) electrons. The van der Waals surface area contributed by atoms with Crippen molar-refractivity contribution in [3.8, 4) is 11.3 Å². The molecule has 0 amide bonds. The second-order valence-electron chi connectivity index (χ2n) is 4.41. The third kappa shape index (κ3) is 2.62. The van der Waals surface area contributed by atoms with Crippen LogP contribution in [-0.2, 0) is 6.18 Å². The van der Waals surface area contributed by atoms with Crippen LogP contribution in [0.3, 0.4) is 0 Å². The highest BCUT2D eigenvalue weighted by molar-refractivity contribution is 5.83. The van der Waals surface area contributed by atoms with Crippen LogP contribution < -0.4 is 5.73 Å². The van der Waals surface area contributed by atoms with Gasteiger partial charge in [-0.1, -0.05) is 18.2 Å². The first-order chi connectivity index (χ1) is 9.93. The van der Waals surface area contributed by atoms with Crippen LogP contribution in [0.2, 0.25) is 0 Å². The van der Waals surface area contributed by atoms with E-state index in [1.165, 1.54) is 0 Å². The van der Waals surface area contributed by atoms with Crippen LogP contribution >= 0.6 is 0 Å².